The lowest BCUT2D eigenvalue weighted by Gasteiger charge is -2.52. The number of carbonyl (C=O) groups excluding carboxylic acids is 2. The molecule has 1 aromatic carbocycles. The molecule has 2 fully saturated rings. The number of benzene rings is 1. The van der Waals surface area contributed by atoms with E-state index in [1.165, 1.54) is 6.92 Å². The Kier molecular flexibility index (Phi) is 7.79. The van der Waals surface area contributed by atoms with Crippen molar-refractivity contribution in [3.8, 4) is 0 Å². The first-order valence-electron chi connectivity index (χ1n) is 13.1. The molecule has 1 saturated carbocycles. The van der Waals surface area contributed by atoms with Gasteiger partial charge in [0.15, 0.2) is 0 Å². The van der Waals surface area contributed by atoms with Gasteiger partial charge in [-0.25, -0.2) is 0 Å². The zero-order chi connectivity index (χ0) is 27.0. The van der Waals surface area contributed by atoms with Gasteiger partial charge >= 0.3 is 5.97 Å². The maximum absolute atomic E-state index is 14.2. The van der Waals surface area contributed by atoms with Gasteiger partial charge in [-0.3, -0.25) is 9.59 Å². The number of ether oxygens (including phenoxy) is 1. The summed E-state index contributed by atoms with van der Waals surface area (Å²) in [5.41, 5.74) is -0.958. The predicted octanol–water partition coefficient (Wildman–Crippen LogP) is 2.71. The lowest BCUT2D eigenvalue weighted by Crippen LogP contribution is -2.60. The predicted molar refractivity (Wildman–Crippen MR) is 140 cm³/mol. The van der Waals surface area contributed by atoms with Crippen molar-refractivity contribution < 1.29 is 29.6 Å². The average molecular weight is 510 g/mol. The van der Waals surface area contributed by atoms with E-state index in [2.05, 4.69) is 11.9 Å². The number of esters is 1. The third-order valence-electron chi connectivity index (χ3n) is 8.60. The van der Waals surface area contributed by atoms with Crippen molar-refractivity contribution in [3.63, 3.8) is 0 Å². The molecule has 1 saturated heterocycles. The molecule has 0 aromatic heterocycles. The normalized spacial score (nSPS) is 41.5. The molecule has 37 heavy (non-hydrogen) atoms. The first kappa shape index (κ1) is 27.3. The van der Waals surface area contributed by atoms with Gasteiger partial charge in [0.25, 0.3) is 0 Å². The van der Waals surface area contributed by atoms with E-state index in [0.29, 0.717) is 12.0 Å². The Morgan fingerprint density at radius 3 is 2.54 bits per heavy atom. The maximum Gasteiger partial charge on any atom is 0.303 e. The molecular formula is C30H39NO6. The van der Waals surface area contributed by atoms with Crippen LogP contribution in [0.1, 0.15) is 39.2 Å². The Hall–Kier alpha value is -2.74. The molecule has 1 spiro atoms. The topological polar surface area (TPSA) is 116 Å². The Morgan fingerprint density at radius 2 is 1.89 bits per heavy atom. The van der Waals surface area contributed by atoms with Crippen LogP contribution in [-0.2, 0) is 20.7 Å². The van der Waals surface area contributed by atoms with Crippen molar-refractivity contribution in [2.24, 2.45) is 29.1 Å². The van der Waals surface area contributed by atoms with Crippen LogP contribution in [-0.4, -0.2) is 57.7 Å². The number of amides is 1. The van der Waals surface area contributed by atoms with Gasteiger partial charge in [-0.1, -0.05) is 69.0 Å². The zero-order valence-electron chi connectivity index (χ0n) is 21.8. The molecule has 7 nitrogen and oxygen atoms in total. The second-order valence-electron chi connectivity index (χ2n) is 11.2. The van der Waals surface area contributed by atoms with Gasteiger partial charge in [0.05, 0.1) is 18.3 Å². The van der Waals surface area contributed by atoms with E-state index in [1.807, 2.05) is 50.3 Å². The Bertz CT molecular complexity index is 1080. The van der Waals surface area contributed by atoms with Crippen LogP contribution >= 0.6 is 0 Å². The van der Waals surface area contributed by atoms with Crippen LogP contribution in [0.2, 0.25) is 0 Å². The molecule has 1 heterocycles. The fraction of sp³-hybridized carbons (Fsp3) is 0.533. The molecule has 9 atom stereocenters. The van der Waals surface area contributed by atoms with Crippen molar-refractivity contribution >= 4 is 11.9 Å². The summed E-state index contributed by atoms with van der Waals surface area (Å²) < 4.78 is 5.89. The average Bonchev–Trinajstić information content (AvgIpc) is 3.13. The minimum atomic E-state index is -1.36. The van der Waals surface area contributed by atoms with E-state index in [-0.39, 0.29) is 42.5 Å². The maximum atomic E-state index is 14.2. The molecule has 1 aromatic rings. The van der Waals surface area contributed by atoms with Gasteiger partial charge in [0.1, 0.15) is 11.5 Å². The van der Waals surface area contributed by atoms with E-state index < -0.39 is 41.7 Å². The highest BCUT2D eigenvalue weighted by Crippen LogP contribution is 2.58. The minimum Gasteiger partial charge on any atom is -0.457 e. The highest BCUT2D eigenvalue weighted by atomic mass is 16.5. The number of rotatable bonds is 4. The number of aliphatic hydroxyl groups excluding tert-OH is 2. The second-order valence-corrected chi connectivity index (χ2v) is 11.2. The molecule has 4 N–H and O–H groups in total. The van der Waals surface area contributed by atoms with Gasteiger partial charge in [-0.15, -0.1) is 0 Å². The number of carbonyl (C=O) groups is 2. The van der Waals surface area contributed by atoms with Crippen LogP contribution in [0.15, 0.2) is 66.8 Å². The molecule has 200 valence electrons. The van der Waals surface area contributed by atoms with Crippen molar-refractivity contribution in [1.29, 1.82) is 0 Å². The van der Waals surface area contributed by atoms with Crippen LogP contribution < -0.4 is 5.32 Å². The van der Waals surface area contributed by atoms with E-state index in [1.54, 1.807) is 18.2 Å². The summed E-state index contributed by atoms with van der Waals surface area (Å²) in [6.07, 6.45) is 6.07. The molecule has 2 aliphatic carbocycles. The summed E-state index contributed by atoms with van der Waals surface area (Å²) in [6, 6.07) is 9.63. The van der Waals surface area contributed by atoms with Crippen molar-refractivity contribution in [2.45, 2.75) is 63.9 Å². The van der Waals surface area contributed by atoms with E-state index in [4.69, 9.17) is 4.74 Å². The van der Waals surface area contributed by atoms with E-state index >= 15 is 0 Å². The molecule has 0 radical (unpaired) electrons. The zero-order valence-corrected chi connectivity index (χ0v) is 21.8. The van der Waals surface area contributed by atoms with Crippen LogP contribution in [0.25, 0.3) is 0 Å². The number of nitrogens with one attached hydrogen (secondary N) is 1. The molecular weight excluding hydrogens is 470 g/mol. The lowest BCUT2D eigenvalue weighted by molar-refractivity contribution is -0.166. The summed E-state index contributed by atoms with van der Waals surface area (Å²) >= 11 is 0. The van der Waals surface area contributed by atoms with Gasteiger partial charge in [-0.05, 0) is 48.3 Å². The standard InChI is InChI=1S/C30H39NO6/c1-18-12-13-25(37-21(4)33)30-23(11-8-14-29(36,16-18)17-32)27(34)20(3)19(2)26(30)24(31-28(30)35)15-22-9-6-5-7-10-22/h5-13,18-19,23-27,32,34,36H,3,14-17H2,1-2,4H3,(H,31,35)/b11-8+,13-12+/t18-,19-,23+,24+,25-,26+,27-,29-,30-/m1/s1. The third-order valence-corrected chi connectivity index (χ3v) is 8.60. The third kappa shape index (κ3) is 4.92. The fourth-order valence-corrected chi connectivity index (χ4v) is 6.89. The Morgan fingerprint density at radius 1 is 1.19 bits per heavy atom. The fourth-order valence-electron chi connectivity index (χ4n) is 6.89. The first-order chi connectivity index (χ1) is 17.5. The van der Waals surface area contributed by atoms with Crippen molar-refractivity contribution in [3.05, 3.63) is 72.4 Å². The van der Waals surface area contributed by atoms with Crippen LogP contribution in [0.5, 0.6) is 0 Å². The summed E-state index contributed by atoms with van der Waals surface area (Å²) in [5, 5.41) is 35.6. The smallest absolute Gasteiger partial charge is 0.303 e. The van der Waals surface area contributed by atoms with Crippen LogP contribution in [0.4, 0.5) is 0 Å². The molecule has 0 unspecified atom stereocenters. The molecule has 1 amide bonds. The van der Waals surface area contributed by atoms with Crippen LogP contribution in [0.3, 0.4) is 0 Å². The molecule has 1 aliphatic heterocycles. The van der Waals surface area contributed by atoms with Gasteiger partial charge in [0.2, 0.25) is 5.91 Å². The first-order valence-corrected chi connectivity index (χ1v) is 13.1. The molecule has 0 bridgehead atoms. The molecule has 7 heteroatoms. The highest BCUT2D eigenvalue weighted by molar-refractivity contribution is 5.89. The largest absolute Gasteiger partial charge is 0.457 e. The summed E-state index contributed by atoms with van der Waals surface area (Å²) in [5.74, 6) is -2.28. The van der Waals surface area contributed by atoms with Gasteiger partial charge in [0, 0.05) is 24.8 Å². The molecule has 3 aliphatic rings. The van der Waals surface area contributed by atoms with Gasteiger partial charge in [-0.2, -0.15) is 0 Å². The molecule has 4 rings (SSSR count). The monoisotopic (exact) mass is 509 g/mol. The van der Waals surface area contributed by atoms with Gasteiger partial charge < -0.3 is 25.4 Å². The Balaban J connectivity index is 1.91. The number of allylic oxidation sites excluding steroid dienone is 1. The Labute approximate surface area is 218 Å². The summed E-state index contributed by atoms with van der Waals surface area (Å²) in [7, 11) is 0. The lowest BCUT2D eigenvalue weighted by atomic mass is 9.51. The summed E-state index contributed by atoms with van der Waals surface area (Å²) in [4.78, 5) is 26.5. The highest BCUT2D eigenvalue weighted by Gasteiger charge is 2.68. The van der Waals surface area contributed by atoms with Crippen molar-refractivity contribution in [2.75, 3.05) is 6.61 Å². The van der Waals surface area contributed by atoms with Crippen molar-refractivity contribution in [1.82, 2.24) is 5.32 Å². The number of hydrogen-bond donors (Lipinski definition) is 4. The van der Waals surface area contributed by atoms with E-state index in [9.17, 15) is 24.9 Å². The minimum absolute atomic E-state index is 0.154. The van der Waals surface area contributed by atoms with E-state index in [0.717, 1.165) is 5.56 Å². The second kappa shape index (κ2) is 10.6. The number of hydrogen-bond acceptors (Lipinski definition) is 6. The quantitative estimate of drug-likeness (QED) is 0.366. The summed E-state index contributed by atoms with van der Waals surface area (Å²) in [6.45, 7) is 8.99. The van der Waals surface area contributed by atoms with Crippen LogP contribution in [0, 0.1) is 29.1 Å². The SMILES string of the molecule is C=C1[C@@H](C)[C@H]2[C@H](Cc3ccccc3)NC(=O)[C@]23[C@H](OC(C)=O)/C=C/[C@@H](C)C[C@@](O)(CO)C/C=C/[C@H]3[C@@H]1O. The number of aliphatic hydroxyl groups is 3.